The number of unbranched alkanes of at least 4 members (excludes halogenated alkanes) is 1. The van der Waals surface area contributed by atoms with Gasteiger partial charge in [0, 0.05) is 6.54 Å². The number of carbonyl (C=O) groups excluding carboxylic acids is 1. The summed E-state index contributed by atoms with van der Waals surface area (Å²) in [6.45, 7) is 4.14. The Hall–Kier alpha value is -1.10. The number of aliphatic carboxylic acids is 1. The fourth-order valence-electron chi connectivity index (χ4n) is 0.875. The minimum Gasteiger partial charge on any atom is -0.480 e. The van der Waals surface area contributed by atoms with Crippen LogP contribution in [0.4, 0.5) is 0 Å². The third-order valence-corrected chi connectivity index (χ3v) is 1.78. The molecule has 14 heavy (non-hydrogen) atoms. The summed E-state index contributed by atoms with van der Waals surface area (Å²) < 4.78 is 0. The van der Waals surface area contributed by atoms with E-state index in [1.807, 2.05) is 6.92 Å². The van der Waals surface area contributed by atoms with Gasteiger partial charge in [0.2, 0.25) is 5.91 Å². The first-order valence-corrected chi connectivity index (χ1v) is 4.80. The molecule has 0 saturated heterocycles. The Labute approximate surface area is 83.9 Å². The third kappa shape index (κ3) is 6.42. The summed E-state index contributed by atoms with van der Waals surface area (Å²) in [7, 11) is 0. The SMILES string of the molecule is CCCCNC(=O)C(C)NCC(=O)O. The van der Waals surface area contributed by atoms with Crippen LogP contribution in [0.25, 0.3) is 0 Å². The maximum Gasteiger partial charge on any atom is 0.317 e. The van der Waals surface area contributed by atoms with Crippen molar-refractivity contribution in [3.63, 3.8) is 0 Å². The molecule has 0 aliphatic rings. The molecule has 1 unspecified atom stereocenters. The van der Waals surface area contributed by atoms with E-state index in [0.29, 0.717) is 6.54 Å². The van der Waals surface area contributed by atoms with Crippen molar-refractivity contribution in [3.8, 4) is 0 Å². The zero-order valence-corrected chi connectivity index (χ0v) is 8.67. The summed E-state index contributed by atoms with van der Waals surface area (Å²) in [5.74, 6) is -1.11. The van der Waals surface area contributed by atoms with E-state index >= 15 is 0 Å². The first-order valence-electron chi connectivity index (χ1n) is 4.80. The second kappa shape index (κ2) is 7.32. The van der Waals surface area contributed by atoms with E-state index in [1.165, 1.54) is 0 Å². The number of hydrogen-bond donors (Lipinski definition) is 3. The largest absolute Gasteiger partial charge is 0.480 e. The molecule has 1 amide bonds. The average molecular weight is 202 g/mol. The zero-order valence-electron chi connectivity index (χ0n) is 8.67. The minimum atomic E-state index is -0.960. The summed E-state index contributed by atoms with van der Waals surface area (Å²) in [5.41, 5.74) is 0. The summed E-state index contributed by atoms with van der Waals surface area (Å²) >= 11 is 0. The predicted octanol–water partition coefficient (Wildman–Crippen LogP) is -0.0346. The van der Waals surface area contributed by atoms with Crippen LogP contribution < -0.4 is 10.6 Å². The maximum absolute atomic E-state index is 11.3. The van der Waals surface area contributed by atoms with E-state index < -0.39 is 12.0 Å². The molecule has 0 saturated carbocycles. The number of carboxylic acid groups (broad SMARTS) is 1. The van der Waals surface area contributed by atoms with Gasteiger partial charge in [0.15, 0.2) is 0 Å². The van der Waals surface area contributed by atoms with Crippen LogP contribution in [0.1, 0.15) is 26.7 Å². The van der Waals surface area contributed by atoms with Crippen molar-refractivity contribution < 1.29 is 14.7 Å². The fraction of sp³-hybridized carbons (Fsp3) is 0.778. The van der Waals surface area contributed by atoms with Crippen LogP contribution in [0.2, 0.25) is 0 Å². The van der Waals surface area contributed by atoms with E-state index in [2.05, 4.69) is 10.6 Å². The molecular weight excluding hydrogens is 184 g/mol. The van der Waals surface area contributed by atoms with E-state index in [4.69, 9.17) is 5.11 Å². The van der Waals surface area contributed by atoms with Crippen LogP contribution in [0.3, 0.4) is 0 Å². The summed E-state index contributed by atoms with van der Waals surface area (Å²) in [6, 6.07) is -0.456. The van der Waals surface area contributed by atoms with E-state index in [1.54, 1.807) is 6.92 Å². The van der Waals surface area contributed by atoms with Gasteiger partial charge in [-0.05, 0) is 13.3 Å². The number of rotatable bonds is 7. The Balaban J connectivity index is 3.59. The van der Waals surface area contributed by atoms with Gasteiger partial charge in [-0.3, -0.25) is 14.9 Å². The molecular formula is C9H18N2O3. The summed E-state index contributed by atoms with van der Waals surface area (Å²) in [5, 5.41) is 13.7. The minimum absolute atomic E-state index is 0.153. The molecule has 0 rings (SSSR count). The molecule has 82 valence electrons. The molecule has 3 N–H and O–H groups in total. The van der Waals surface area contributed by atoms with E-state index in [9.17, 15) is 9.59 Å². The lowest BCUT2D eigenvalue weighted by Crippen LogP contribution is -2.44. The van der Waals surface area contributed by atoms with Gasteiger partial charge < -0.3 is 10.4 Å². The van der Waals surface area contributed by atoms with Gasteiger partial charge in [0.05, 0.1) is 12.6 Å². The van der Waals surface area contributed by atoms with Gasteiger partial charge in [-0.2, -0.15) is 0 Å². The van der Waals surface area contributed by atoms with Crippen LogP contribution >= 0.6 is 0 Å². The lowest BCUT2D eigenvalue weighted by atomic mass is 10.3. The molecule has 0 fully saturated rings. The predicted molar refractivity (Wildman–Crippen MR) is 53.0 cm³/mol. The highest BCUT2D eigenvalue weighted by Crippen LogP contribution is 1.85. The molecule has 0 bridgehead atoms. The average Bonchev–Trinajstić information content (AvgIpc) is 2.14. The van der Waals surface area contributed by atoms with Gasteiger partial charge in [-0.25, -0.2) is 0 Å². The van der Waals surface area contributed by atoms with Crippen LogP contribution in [-0.4, -0.2) is 36.1 Å². The monoisotopic (exact) mass is 202 g/mol. The van der Waals surface area contributed by atoms with Crippen molar-refractivity contribution in [3.05, 3.63) is 0 Å². The number of nitrogens with one attached hydrogen (secondary N) is 2. The second-order valence-corrected chi connectivity index (χ2v) is 3.14. The molecule has 0 aliphatic carbocycles. The maximum atomic E-state index is 11.3. The van der Waals surface area contributed by atoms with Gasteiger partial charge >= 0.3 is 5.97 Å². The normalized spacial score (nSPS) is 12.1. The number of carboxylic acids is 1. The number of amides is 1. The molecule has 1 atom stereocenters. The highest BCUT2D eigenvalue weighted by atomic mass is 16.4. The van der Waals surface area contributed by atoms with Gasteiger partial charge in [-0.1, -0.05) is 13.3 Å². The lowest BCUT2D eigenvalue weighted by molar-refractivity contribution is -0.136. The first-order chi connectivity index (χ1) is 6.57. The first kappa shape index (κ1) is 12.9. The summed E-state index contributed by atoms with van der Waals surface area (Å²) in [4.78, 5) is 21.5. The van der Waals surface area contributed by atoms with Crippen molar-refractivity contribution >= 4 is 11.9 Å². The highest BCUT2D eigenvalue weighted by molar-refractivity contribution is 5.82. The molecule has 0 spiro atoms. The van der Waals surface area contributed by atoms with Crippen molar-refractivity contribution in [1.29, 1.82) is 0 Å². The Morgan fingerprint density at radius 3 is 2.57 bits per heavy atom. The standard InChI is InChI=1S/C9H18N2O3/c1-3-4-5-10-9(14)7(2)11-6-8(12)13/h7,11H,3-6H2,1-2H3,(H,10,14)(H,12,13). The van der Waals surface area contributed by atoms with Crippen molar-refractivity contribution in [1.82, 2.24) is 10.6 Å². The van der Waals surface area contributed by atoms with Crippen molar-refractivity contribution in [2.45, 2.75) is 32.7 Å². The van der Waals surface area contributed by atoms with Gasteiger partial charge in [0.25, 0.3) is 0 Å². The van der Waals surface area contributed by atoms with Gasteiger partial charge in [0.1, 0.15) is 0 Å². The third-order valence-electron chi connectivity index (χ3n) is 1.78. The molecule has 0 aromatic heterocycles. The molecule has 0 aromatic rings. The van der Waals surface area contributed by atoms with Crippen LogP contribution in [-0.2, 0) is 9.59 Å². The quantitative estimate of drug-likeness (QED) is 0.506. The van der Waals surface area contributed by atoms with Crippen molar-refractivity contribution in [2.24, 2.45) is 0 Å². The highest BCUT2D eigenvalue weighted by Gasteiger charge is 2.11. The zero-order chi connectivity index (χ0) is 11.0. The molecule has 0 aromatic carbocycles. The molecule has 5 heteroatoms. The summed E-state index contributed by atoms with van der Waals surface area (Å²) in [6.07, 6.45) is 1.97. The molecule has 0 aliphatic heterocycles. The Bertz CT molecular complexity index is 194. The molecule has 0 heterocycles. The Morgan fingerprint density at radius 2 is 2.07 bits per heavy atom. The molecule has 0 radical (unpaired) electrons. The Kier molecular flexibility index (Phi) is 6.74. The van der Waals surface area contributed by atoms with Crippen LogP contribution in [0, 0.1) is 0 Å². The lowest BCUT2D eigenvalue weighted by Gasteiger charge is -2.12. The smallest absolute Gasteiger partial charge is 0.317 e. The number of hydrogen-bond acceptors (Lipinski definition) is 3. The fourth-order valence-corrected chi connectivity index (χ4v) is 0.875. The second-order valence-electron chi connectivity index (χ2n) is 3.14. The Morgan fingerprint density at radius 1 is 1.43 bits per heavy atom. The molecule has 5 nitrogen and oxygen atoms in total. The van der Waals surface area contributed by atoms with E-state index in [0.717, 1.165) is 12.8 Å². The topological polar surface area (TPSA) is 78.4 Å². The van der Waals surface area contributed by atoms with E-state index in [-0.39, 0.29) is 12.5 Å². The van der Waals surface area contributed by atoms with Gasteiger partial charge in [-0.15, -0.1) is 0 Å². The number of carbonyl (C=O) groups is 2. The van der Waals surface area contributed by atoms with Crippen LogP contribution in [0.5, 0.6) is 0 Å². The van der Waals surface area contributed by atoms with Crippen molar-refractivity contribution in [2.75, 3.05) is 13.1 Å². The van der Waals surface area contributed by atoms with Crippen LogP contribution in [0.15, 0.2) is 0 Å².